The van der Waals surface area contributed by atoms with Gasteiger partial charge in [0, 0.05) is 40.4 Å². The summed E-state index contributed by atoms with van der Waals surface area (Å²) < 4.78 is 43.3. The average Bonchev–Trinajstić information content (AvgIpc) is 4.16. The number of nitrogens with zero attached hydrogens (tertiary/aromatic N) is 6. The molecule has 2 saturated carbocycles. The largest absolute Gasteiger partial charge is 0.494 e. The highest BCUT2D eigenvalue weighted by Crippen LogP contribution is 2.35. The predicted octanol–water partition coefficient (Wildman–Crippen LogP) is 9.48. The van der Waals surface area contributed by atoms with Crippen LogP contribution in [-0.2, 0) is 0 Å². The fourth-order valence-electron chi connectivity index (χ4n) is 6.58. The van der Waals surface area contributed by atoms with Crippen LogP contribution in [0.3, 0.4) is 0 Å². The first-order valence-corrected chi connectivity index (χ1v) is 22.2. The lowest BCUT2D eigenvalue weighted by molar-refractivity contribution is 0.0942. The van der Waals surface area contributed by atoms with Gasteiger partial charge in [-0.15, -0.1) is 28.6 Å². The van der Waals surface area contributed by atoms with Gasteiger partial charge in [0.05, 0.1) is 40.7 Å². The van der Waals surface area contributed by atoms with Gasteiger partial charge in [-0.25, -0.2) is 19.0 Å². The molecule has 0 saturated heterocycles. The van der Waals surface area contributed by atoms with Crippen molar-refractivity contribution < 1.29 is 27.8 Å². The van der Waals surface area contributed by atoms with Crippen LogP contribution in [0.2, 0.25) is 0 Å². The second-order valence-electron chi connectivity index (χ2n) is 14.4. The molecule has 12 nitrogen and oxygen atoms in total. The molecular formula is C43H39BrF2N8O4S2. The van der Waals surface area contributed by atoms with Gasteiger partial charge in [-0.3, -0.25) is 9.59 Å². The SMILES string of the molecule is COc1ccc(Oc2cc(SC)c3ncc(-c4ccc(C(=O)NC5CC5)c(C)c4)n3n2)c(F)c1F.CSc1cc(Br)nn2c(-c3ccc(C(=O)NC4CC4)c(C)c3)cnc12. The van der Waals surface area contributed by atoms with E-state index in [1.165, 1.54) is 31.0 Å². The Hall–Kier alpha value is -5.52. The van der Waals surface area contributed by atoms with Crippen LogP contribution in [0.4, 0.5) is 8.78 Å². The number of aromatic nitrogens is 6. The Balaban J connectivity index is 0.000000176. The van der Waals surface area contributed by atoms with E-state index in [0.29, 0.717) is 22.9 Å². The summed E-state index contributed by atoms with van der Waals surface area (Å²) in [4.78, 5) is 35.6. The molecule has 60 heavy (non-hydrogen) atoms. The molecule has 17 heteroatoms. The standard InChI is InChI=1S/C25H22F2N4O3S.C18H17BrN4OS/c1-13-10-14(4-7-16(13)25(32)29-15-5-6-15)17-12-28-24-20(35-3)11-21(30-31(17)24)34-19-9-8-18(33-2)22(26)23(19)27;1-10-7-11(3-6-13(10)18(24)21-12-4-5-12)14-9-20-17-15(25-2)8-16(19)22-23(14)17/h4,7-12,15H,5-6H2,1-3H3,(H,29,32);3,6-9,12H,4-5H2,1-2H3,(H,21,24). The van der Waals surface area contributed by atoms with Gasteiger partial charge in [-0.2, -0.15) is 13.9 Å². The molecule has 9 rings (SSSR count). The van der Waals surface area contributed by atoms with Crippen molar-refractivity contribution in [2.45, 2.75) is 61.4 Å². The summed E-state index contributed by atoms with van der Waals surface area (Å²) in [7, 11) is 1.26. The molecule has 0 spiro atoms. The highest BCUT2D eigenvalue weighted by atomic mass is 79.9. The number of halogens is 3. The molecule has 7 aromatic rings. The van der Waals surface area contributed by atoms with Crippen molar-refractivity contribution in [1.29, 1.82) is 0 Å². The Morgan fingerprint density at radius 2 is 1.20 bits per heavy atom. The highest BCUT2D eigenvalue weighted by Gasteiger charge is 2.26. The normalized spacial score (nSPS) is 13.5. The predicted molar refractivity (Wildman–Crippen MR) is 232 cm³/mol. The number of thioether (sulfide) groups is 2. The maximum atomic E-state index is 14.5. The van der Waals surface area contributed by atoms with Gasteiger partial charge in [-0.1, -0.05) is 12.1 Å². The van der Waals surface area contributed by atoms with Crippen LogP contribution in [0.25, 0.3) is 33.8 Å². The van der Waals surface area contributed by atoms with Crippen molar-refractivity contribution in [3.63, 3.8) is 0 Å². The number of methoxy groups -OCH3 is 1. The number of imidazole rings is 2. The smallest absolute Gasteiger partial charge is 0.251 e. The summed E-state index contributed by atoms with van der Waals surface area (Å²) in [5.74, 6) is -2.84. The summed E-state index contributed by atoms with van der Waals surface area (Å²) in [5.41, 5.74) is 7.91. The summed E-state index contributed by atoms with van der Waals surface area (Å²) in [6.07, 6.45) is 11.6. The first-order valence-electron chi connectivity index (χ1n) is 19.0. The highest BCUT2D eigenvalue weighted by molar-refractivity contribution is 9.10. The van der Waals surface area contributed by atoms with Crippen LogP contribution in [0.5, 0.6) is 17.4 Å². The van der Waals surface area contributed by atoms with E-state index in [4.69, 9.17) is 9.47 Å². The number of carbonyl (C=O) groups is 2. The third kappa shape index (κ3) is 8.56. The summed E-state index contributed by atoms with van der Waals surface area (Å²) in [6.45, 7) is 3.84. The fraction of sp³-hybridized carbons (Fsp3) is 0.256. The minimum absolute atomic E-state index is 0.00947. The molecule has 0 bridgehead atoms. The Kier molecular flexibility index (Phi) is 11.8. The molecule has 308 valence electrons. The van der Waals surface area contributed by atoms with E-state index in [0.717, 1.165) is 79.2 Å². The van der Waals surface area contributed by atoms with Gasteiger partial charge in [0.1, 0.15) is 4.60 Å². The van der Waals surface area contributed by atoms with E-state index in [1.807, 2.05) is 73.5 Å². The Morgan fingerprint density at radius 3 is 1.68 bits per heavy atom. The van der Waals surface area contributed by atoms with E-state index < -0.39 is 11.6 Å². The monoisotopic (exact) mass is 912 g/mol. The Bertz CT molecular complexity index is 2810. The number of benzene rings is 3. The molecule has 2 fully saturated rings. The molecule has 4 aromatic heterocycles. The third-order valence-corrected chi connectivity index (χ3v) is 11.9. The molecule has 2 N–H and O–H groups in total. The maximum Gasteiger partial charge on any atom is 0.251 e. The third-order valence-electron chi connectivity index (χ3n) is 10.1. The van der Waals surface area contributed by atoms with Gasteiger partial charge < -0.3 is 20.1 Å². The number of fused-ring (bicyclic) bond motifs is 2. The molecule has 0 atom stereocenters. The quantitative estimate of drug-likeness (QED) is 0.121. The second kappa shape index (κ2) is 17.2. The van der Waals surface area contributed by atoms with Crippen molar-refractivity contribution in [3.05, 3.63) is 112 Å². The molecule has 3 aromatic carbocycles. The molecule has 0 aliphatic heterocycles. The lowest BCUT2D eigenvalue weighted by Crippen LogP contribution is -2.26. The zero-order chi connectivity index (χ0) is 42.2. The topological polar surface area (TPSA) is 137 Å². The van der Waals surface area contributed by atoms with E-state index in [2.05, 4.69) is 46.7 Å². The number of carbonyl (C=O) groups excluding carboxylic acids is 2. The van der Waals surface area contributed by atoms with E-state index in [9.17, 15) is 18.4 Å². The number of hydrogen-bond donors (Lipinski definition) is 2. The van der Waals surface area contributed by atoms with E-state index in [-0.39, 0.29) is 35.2 Å². The van der Waals surface area contributed by atoms with Gasteiger partial charge >= 0.3 is 0 Å². The van der Waals surface area contributed by atoms with Crippen LogP contribution >= 0.6 is 39.5 Å². The van der Waals surface area contributed by atoms with Crippen LogP contribution < -0.4 is 20.1 Å². The van der Waals surface area contributed by atoms with E-state index in [1.54, 1.807) is 34.6 Å². The van der Waals surface area contributed by atoms with Gasteiger partial charge in [0.25, 0.3) is 11.8 Å². The molecule has 2 aliphatic carbocycles. The van der Waals surface area contributed by atoms with Gasteiger partial charge in [0.15, 0.2) is 22.8 Å². The van der Waals surface area contributed by atoms with Crippen LogP contribution in [-0.4, -0.2) is 72.7 Å². The first-order chi connectivity index (χ1) is 29.0. The van der Waals surface area contributed by atoms with Crippen molar-refractivity contribution in [2.75, 3.05) is 19.6 Å². The van der Waals surface area contributed by atoms with Crippen molar-refractivity contribution in [1.82, 2.24) is 39.8 Å². The lowest BCUT2D eigenvalue weighted by Gasteiger charge is -2.12. The van der Waals surface area contributed by atoms with Gasteiger partial charge in [0.2, 0.25) is 17.5 Å². The van der Waals surface area contributed by atoms with Crippen molar-refractivity contribution in [3.8, 4) is 39.9 Å². The minimum Gasteiger partial charge on any atom is -0.494 e. The Morgan fingerprint density at radius 1 is 0.717 bits per heavy atom. The number of nitrogens with one attached hydrogen (secondary N) is 2. The molecule has 0 unspecified atom stereocenters. The number of aryl methyl sites for hydroxylation is 2. The van der Waals surface area contributed by atoms with Crippen molar-refractivity contribution in [2.24, 2.45) is 0 Å². The first kappa shape index (κ1) is 41.2. The van der Waals surface area contributed by atoms with E-state index >= 15 is 0 Å². The lowest BCUT2D eigenvalue weighted by atomic mass is 10.0. The minimum atomic E-state index is -1.17. The molecule has 4 heterocycles. The van der Waals surface area contributed by atoms with Crippen LogP contribution in [0.1, 0.15) is 57.5 Å². The number of rotatable bonds is 11. The summed E-state index contributed by atoms with van der Waals surface area (Å²) >= 11 is 6.52. The summed E-state index contributed by atoms with van der Waals surface area (Å²) in [5, 5.41) is 15.1. The van der Waals surface area contributed by atoms with Crippen LogP contribution in [0, 0.1) is 25.5 Å². The van der Waals surface area contributed by atoms with Crippen molar-refractivity contribution >= 4 is 62.6 Å². The fourth-order valence-corrected chi connectivity index (χ4v) is 8.21. The molecule has 2 aliphatic rings. The maximum absolute atomic E-state index is 14.5. The Labute approximate surface area is 361 Å². The zero-order valence-corrected chi connectivity index (χ0v) is 36.4. The number of hydrogen-bond acceptors (Lipinski definition) is 10. The molecular weight excluding hydrogens is 875 g/mol. The summed E-state index contributed by atoms with van der Waals surface area (Å²) in [6, 6.07) is 18.2. The second-order valence-corrected chi connectivity index (χ2v) is 16.9. The zero-order valence-electron chi connectivity index (χ0n) is 33.2. The average molecular weight is 914 g/mol. The molecule has 0 radical (unpaired) electrons. The number of ether oxygens (including phenoxy) is 2. The van der Waals surface area contributed by atoms with Crippen LogP contribution in [0.15, 0.2) is 87.5 Å². The van der Waals surface area contributed by atoms with Gasteiger partial charge in [-0.05, 0) is 122 Å². The molecule has 2 amide bonds. The number of amides is 2.